The quantitative estimate of drug-likeness (QED) is 0.779. The van der Waals surface area contributed by atoms with Crippen LogP contribution in [0.1, 0.15) is 6.42 Å². The van der Waals surface area contributed by atoms with Crippen molar-refractivity contribution < 1.29 is 4.74 Å². The second-order valence-electron chi connectivity index (χ2n) is 3.47. The first-order valence-electron chi connectivity index (χ1n) is 5.03. The first kappa shape index (κ1) is 11.5. The van der Waals surface area contributed by atoms with Crippen molar-refractivity contribution in [2.45, 2.75) is 6.42 Å². The molecule has 0 bridgehead atoms. The molecule has 3 N–H and O–H groups in total. The number of benzene rings is 1. The molecule has 0 amide bonds. The Morgan fingerprint density at radius 2 is 2.00 bits per heavy atom. The number of amidine groups is 2. The Labute approximate surface area is 104 Å². The molecule has 2 rings (SSSR count). The number of rotatable bonds is 2. The van der Waals surface area contributed by atoms with E-state index >= 15 is 0 Å². The minimum Gasteiger partial charge on any atom is -0.497 e. The summed E-state index contributed by atoms with van der Waals surface area (Å²) in [5, 5.41) is 3.39. The van der Waals surface area contributed by atoms with Gasteiger partial charge in [-0.15, -0.1) is 0 Å². The van der Waals surface area contributed by atoms with Crippen LogP contribution in [0.15, 0.2) is 34.3 Å². The summed E-state index contributed by atoms with van der Waals surface area (Å²) in [5.74, 6) is 1.98. The van der Waals surface area contributed by atoms with Crippen LogP contribution in [0.2, 0.25) is 0 Å². The van der Waals surface area contributed by atoms with Crippen molar-refractivity contribution in [1.82, 2.24) is 0 Å². The minimum absolute atomic E-state index is 0.254. The number of hydrogen-bond donors (Lipinski definition) is 2. The summed E-state index contributed by atoms with van der Waals surface area (Å²) in [5.41, 5.74) is 6.54. The lowest BCUT2D eigenvalue weighted by molar-refractivity contribution is 0.415. The molecule has 0 saturated heterocycles. The van der Waals surface area contributed by atoms with E-state index in [-0.39, 0.29) is 5.11 Å². The van der Waals surface area contributed by atoms with Gasteiger partial charge in [0.2, 0.25) is 5.11 Å². The van der Waals surface area contributed by atoms with E-state index in [1.807, 2.05) is 24.3 Å². The molecular formula is C11H12N4OS. The van der Waals surface area contributed by atoms with Gasteiger partial charge in [0.15, 0.2) is 0 Å². The van der Waals surface area contributed by atoms with Crippen LogP contribution in [0, 0.1) is 0 Å². The van der Waals surface area contributed by atoms with Crippen LogP contribution in [0.5, 0.6) is 5.75 Å². The molecule has 0 aromatic heterocycles. The number of thiocarbonyl (C=S) groups is 1. The highest BCUT2D eigenvalue weighted by Crippen LogP contribution is 2.15. The Bertz CT molecular complexity index is 493. The first-order valence-corrected chi connectivity index (χ1v) is 5.44. The highest BCUT2D eigenvalue weighted by atomic mass is 32.1. The van der Waals surface area contributed by atoms with Crippen molar-refractivity contribution in [2.75, 3.05) is 12.4 Å². The average Bonchev–Trinajstić information content (AvgIpc) is 2.28. The number of methoxy groups -OCH3 is 1. The van der Waals surface area contributed by atoms with Crippen LogP contribution in [0.4, 0.5) is 5.69 Å². The molecule has 0 unspecified atom stereocenters. The van der Waals surface area contributed by atoms with E-state index in [0.717, 1.165) is 11.4 Å². The SMILES string of the molecule is COc1ccc(NC2=NC(=S)N=C(N)C2)cc1. The van der Waals surface area contributed by atoms with E-state index in [2.05, 4.69) is 15.3 Å². The smallest absolute Gasteiger partial charge is 0.222 e. The van der Waals surface area contributed by atoms with Crippen molar-refractivity contribution in [3.05, 3.63) is 24.3 Å². The normalized spacial score (nSPS) is 15.0. The number of nitrogens with one attached hydrogen (secondary N) is 1. The molecular weight excluding hydrogens is 236 g/mol. The van der Waals surface area contributed by atoms with E-state index < -0.39 is 0 Å². The molecule has 6 heteroatoms. The lowest BCUT2D eigenvalue weighted by Gasteiger charge is -2.13. The van der Waals surface area contributed by atoms with E-state index in [4.69, 9.17) is 22.7 Å². The molecule has 0 fully saturated rings. The topological polar surface area (TPSA) is 72.0 Å². The summed E-state index contributed by atoms with van der Waals surface area (Å²) < 4.78 is 5.08. The van der Waals surface area contributed by atoms with Gasteiger partial charge in [0.25, 0.3) is 0 Å². The summed E-state index contributed by atoms with van der Waals surface area (Å²) in [6, 6.07) is 7.52. The van der Waals surface area contributed by atoms with E-state index in [0.29, 0.717) is 18.1 Å². The maximum Gasteiger partial charge on any atom is 0.222 e. The highest BCUT2D eigenvalue weighted by Gasteiger charge is 2.10. The number of anilines is 1. The molecule has 0 spiro atoms. The van der Waals surface area contributed by atoms with Crippen molar-refractivity contribution in [1.29, 1.82) is 0 Å². The van der Waals surface area contributed by atoms with Gasteiger partial charge >= 0.3 is 0 Å². The second kappa shape index (κ2) is 4.92. The Morgan fingerprint density at radius 1 is 1.29 bits per heavy atom. The number of ether oxygens (including phenoxy) is 1. The number of hydrogen-bond acceptors (Lipinski definition) is 4. The molecule has 1 aromatic carbocycles. The molecule has 1 aromatic rings. The monoisotopic (exact) mass is 248 g/mol. The predicted octanol–water partition coefficient (Wildman–Crippen LogP) is 1.55. The lowest BCUT2D eigenvalue weighted by Crippen LogP contribution is -2.27. The standard InChI is InChI=1S/C11H12N4OS/c1-16-8-4-2-7(3-5-8)13-10-6-9(12)14-11(17)15-10/h2-5H,6H2,1H3,(H3,12,13,14,15,17). The van der Waals surface area contributed by atoms with Gasteiger partial charge in [-0.3, -0.25) is 0 Å². The zero-order chi connectivity index (χ0) is 12.3. The maximum absolute atomic E-state index is 5.64. The molecule has 0 radical (unpaired) electrons. The summed E-state index contributed by atoms with van der Waals surface area (Å²) in [6.07, 6.45) is 0.478. The number of nitrogens with zero attached hydrogens (tertiary/aromatic N) is 2. The summed E-state index contributed by atoms with van der Waals surface area (Å²) in [7, 11) is 1.63. The Morgan fingerprint density at radius 3 is 2.59 bits per heavy atom. The van der Waals surface area contributed by atoms with Crippen molar-refractivity contribution in [3.63, 3.8) is 0 Å². The molecule has 1 aliphatic rings. The van der Waals surface area contributed by atoms with E-state index in [1.54, 1.807) is 7.11 Å². The zero-order valence-electron chi connectivity index (χ0n) is 9.30. The number of nitrogens with two attached hydrogens (primary N) is 1. The van der Waals surface area contributed by atoms with Gasteiger partial charge in [0.1, 0.15) is 17.4 Å². The van der Waals surface area contributed by atoms with Crippen LogP contribution in [-0.4, -0.2) is 23.9 Å². The second-order valence-corrected chi connectivity index (χ2v) is 3.84. The third kappa shape index (κ3) is 3.01. The third-order valence-corrected chi connectivity index (χ3v) is 2.38. The van der Waals surface area contributed by atoms with Crippen LogP contribution < -0.4 is 15.8 Å². The Kier molecular flexibility index (Phi) is 3.34. The molecule has 0 saturated carbocycles. The first-order chi connectivity index (χ1) is 8.17. The Hall–Kier alpha value is -1.95. The van der Waals surface area contributed by atoms with Gasteiger partial charge < -0.3 is 15.8 Å². The predicted molar refractivity (Wildman–Crippen MR) is 72.9 cm³/mol. The molecule has 88 valence electrons. The summed E-state index contributed by atoms with van der Waals surface area (Å²) in [4.78, 5) is 7.99. The molecule has 17 heavy (non-hydrogen) atoms. The van der Waals surface area contributed by atoms with Gasteiger partial charge in [-0.1, -0.05) is 0 Å². The molecule has 5 nitrogen and oxygen atoms in total. The van der Waals surface area contributed by atoms with E-state index in [9.17, 15) is 0 Å². The van der Waals surface area contributed by atoms with Gasteiger partial charge in [-0.05, 0) is 36.5 Å². The molecule has 0 aliphatic carbocycles. The van der Waals surface area contributed by atoms with E-state index in [1.165, 1.54) is 0 Å². The van der Waals surface area contributed by atoms with Crippen molar-refractivity contribution in [2.24, 2.45) is 15.7 Å². The van der Waals surface area contributed by atoms with Crippen molar-refractivity contribution >= 4 is 34.7 Å². The molecule has 1 aliphatic heterocycles. The molecule has 0 atom stereocenters. The maximum atomic E-state index is 5.64. The fourth-order valence-corrected chi connectivity index (χ4v) is 1.65. The van der Waals surface area contributed by atoms with Gasteiger partial charge in [0.05, 0.1) is 13.5 Å². The third-order valence-electron chi connectivity index (χ3n) is 2.20. The fraction of sp³-hybridized carbons (Fsp3) is 0.182. The summed E-state index contributed by atoms with van der Waals surface area (Å²) in [6.45, 7) is 0. The summed E-state index contributed by atoms with van der Waals surface area (Å²) >= 11 is 4.90. The van der Waals surface area contributed by atoms with Crippen LogP contribution in [0.3, 0.4) is 0 Å². The zero-order valence-corrected chi connectivity index (χ0v) is 10.1. The van der Waals surface area contributed by atoms with Gasteiger partial charge in [-0.2, -0.15) is 0 Å². The average molecular weight is 248 g/mol. The van der Waals surface area contributed by atoms with Gasteiger partial charge in [0, 0.05) is 5.69 Å². The number of aliphatic imine (C=N–C) groups is 2. The van der Waals surface area contributed by atoms with Crippen LogP contribution >= 0.6 is 12.2 Å². The minimum atomic E-state index is 0.254. The van der Waals surface area contributed by atoms with Gasteiger partial charge in [-0.25, -0.2) is 9.98 Å². The molecule has 1 heterocycles. The van der Waals surface area contributed by atoms with Crippen LogP contribution in [-0.2, 0) is 0 Å². The van der Waals surface area contributed by atoms with Crippen molar-refractivity contribution in [3.8, 4) is 5.75 Å². The highest BCUT2D eigenvalue weighted by molar-refractivity contribution is 7.80. The largest absolute Gasteiger partial charge is 0.497 e. The Balaban J connectivity index is 2.08. The lowest BCUT2D eigenvalue weighted by atomic mass is 10.2. The van der Waals surface area contributed by atoms with Crippen LogP contribution in [0.25, 0.3) is 0 Å². The fourth-order valence-electron chi connectivity index (χ4n) is 1.43.